The molecule has 0 rings (SSSR count). The fourth-order valence-electron chi connectivity index (χ4n) is 1.03. The zero-order valence-electron chi connectivity index (χ0n) is 7.86. The van der Waals surface area contributed by atoms with Gasteiger partial charge in [0, 0.05) is 0 Å². The van der Waals surface area contributed by atoms with Crippen molar-refractivity contribution >= 4 is 7.60 Å². The number of hydrogen-bond donors (Lipinski definition) is 2. The summed E-state index contributed by atoms with van der Waals surface area (Å²) in [5.74, 6) is 0. The van der Waals surface area contributed by atoms with Crippen LogP contribution in [0, 0.1) is 0 Å². The van der Waals surface area contributed by atoms with Gasteiger partial charge in [0.2, 0.25) is 0 Å². The molecule has 0 aromatic carbocycles. The molecular formula is C8H19O3P. The number of hydrogen-bond acceptors (Lipinski definition) is 1. The fraction of sp³-hybridized carbons (Fsp3) is 1.00. The summed E-state index contributed by atoms with van der Waals surface area (Å²) in [5, 5.41) is 0. The highest BCUT2D eigenvalue weighted by molar-refractivity contribution is 7.52. The van der Waals surface area contributed by atoms with Crippen LogP contribution in [0.4, 0.5) is 0 Å². The largest absolute Gasteiger partial charge is 0.328 e. The second-order valence-electron chi connectivity index (χ2n) is 3.29. The first kappa shape index (κ1) is 12.2. The van der Waals surface area contributed by atoms with Gasteiger partial charge in [-0.3, -0.25) is 4.57 Å². The van der Waals surface area contributed by atoms with E-state index in [-0.39, 0.29) is 0 Å². The van der Waals surface area contributed by atoms with Crippen molar-refractivity contribution in [2.45, 2.75) is 51.6 Å². The van der Waals surface area contributed by atoms with E-state index >= 15 is 0 Å². The molecule has 4 heteroatoms. The highest BCUT2D eigenvalue weighted by Gasteiger charge is 2.22. The van der Waals surface area contributed by atoms with Gasteiger partial charge in [0.1, 0.15) is 0 Å². The molecule has 0 saturated heterocycles. The highest BCUT2D eigenvalue weighted by Crippen LogP contribution is 2.43. The van der Waals surface area contributed by atoms with E-state index in [1.165, 1.54) is 0 Å². The molecule has 0 bridgehead atoms. The second kappa shape index (κ2) is 5.74. The van der Waals surface area contributed by atoms with Crippen LogP contribution in [0.1, 0.15) is 46.0 Å². The van der Waals surface area contributed by atoms with Crippen LogP contribution in [-0.4, -0.2) is 15.4 Å². The lowest BCUT2D eigenvalue weighted by molar-refractivity contribution is 0.356. The van der Waals surface area contributed by atoms with Crippen molar-refractivity contribution in [1.29, 1.82) is 0 Å². The Bertz CT molecular complexity index is 152. The van der Waals surface area contributed by atoms with E-state index in [9.17, 15) is 4.57 Å². The van der Waals surface area contributed by atoms with Gasteiger partial charge >= 0.3 is 7.60 Å². The maximum absolute atomic E-state index is 10.7. The summed E-state index contributed by atoms with van der Waals surface area (Å²) in [6, 6.07) is 0. The predicted octanol–water partition coefficient (Wildman–Crippen LogP) is 2.52. The Kier molecular flexibility index (Phi) is 5.81. The Balaban J connectivity index is 3.45. The zero-order chi connectivity index (χ0) is 9.61. The molecule has 0 saturated carbocycles. The summed E-state index contributed by atoms with van der Waals surface area (Å²) in [6.45, 7) is 3.74. The van der Waals surface area contributed by atoms with Crippen LogP contribution < -0.4 is 0 Å². The summed E-state index contributed by atoms with van der Waals surface area (Å²) in [7, 11) is -3.81. The van der Waals surface area contributed by atoms with Crippen LogP contribution in [0.2, 0.25) is 0 Å². The molecule has 2 N–H and O–H groups in total. The minimum Gasteiger partial charge on any atom is -0.324 e. The van der Waals surface area contributed by atoms with Crippen molar-refractivity contribution < 1.29 is 14.4 Å². The molecule has 3 nitrogen and oxygen atoms in total. The summed E-state index contributed by atoms with van der Waals surface area (Å²) in [5.41, 5.74) is -0.464. The topological polar surface area (TPSA) is 57.5 Å². The van der Waals surface area contributed by atoms with E-state index in [2.05, 4.69) is 6.92 Å². The van der Waals surface area contributed by atoms with Crippen molar-refractivity contribution in [3.05, 3.63) is 0 Å². The average Bonchev–Trinajstić information content (AvgIpc) is 1.96. The Hall–Kier alpha value is 0.150. The third kappa shape index (κ3) is 5.76. The molecule has 12 heavy (non-hydrogen) atoms. The molecule has 0 heterocycles. The molecule has 0 radical (unpaired) electrons. The van der Waals surface area contributed by atoms with E-state index in [1.807, 2.05) is 0 Å². The van der Waals surface area contributed by atoms with Gasteiger partial charge in [0.25, 0.3) is 0 Å². The van der Waals surface area contributed by atoms with Crippen molar-refractivity contribution in [3.8, 4) is 0 Å². The quantitative estimate of drug-likeness (QED) is 0.504. The van der Waals surface area contributed by atoms with E-state index in [4.69, 9.17) is 9.79 Å². The first-order chi connectivity index (χ1) is 5.48. The third-order valence-corrected chi connectivity index (χ3v) is 3.46. The zero-order valence-corrected chi connectivity index (χ0v) is 8.76. The molecule has 0 aliphatic heterocycles. The summed E-state index contributed by atoms with van der Waals surface area (Å²) in [6.07, 6.45) is 4.98. The minimum atomic E-state index is -3.81. The molecule has 0 aliphatic carbocycles. The van der Waals surface area contributed by atoms with Crippen molar-refractivity contribution in [2.24, 2.45) is 0 Å². The van der Waals surface area contributed by atoms with Crippen LogP contribution in [0.3, 0.4) is 0 Å². The highest BCUT2D eigenvalue weighted by atomic mass is 31.2. The monoisotopic (exact) mass is 194 g/mol. The second-order valence-corrected chi connectivity index (χ2v) is 5.35. The lowest BCUT2D eigenvalue weighted by atomic mass is 10.1. The van der Waals surface area contributed by atoms with E-state index in [0.717, 1.165) is 25.7 Å². The summed E-state index contributed by atoms with van der Waals surface area (Å²) in [4.78, 5) is 17.5. The maximum atomic E-state index is 10.7. The van der Waals surface area contributed by atoms with Crippen LogP contribution in [-0.2, 0) is 4.57 Å². The van der Waals surface area contributed by atoms with Gasteiger partial charge in [-0.1, -0.05) is 39.5 Å². The molecule has 0 aromatic rings. The molecule has 74 valence electrons. The third-order valence-electron chi connectivity index (χ3n) is 2.05. The molecule has 0 fully saturated rings. The van der Waals surface area contributed by atoms with Crippen LogP contribution in [0.5, 0.6) is 0 Å². The van der Waals surface area contributed by atoms with Crippen LogP contribution in [0.25, 0.3) is 0 Å². The van der Waals surface area contributed by atoms with Gasteiger partial charge in [-0.25, -0.2) is 0 Å². The predicted molar refractivity (Wildman–Crippen MR) is 50.3 cm³/mol. The molecule has 0 amide bonds. The lowest BCUT2D eigenvalue weighted by Gasteiger charge is -2.12. The smallest absolute Gasteiger partial charge is 0.324 e. The first-order valence-corrected chi connectivity index (χ1v) is 6.22. The molecule has 1 atom stereocenters. The van der Waals surface area contributed by atoms with Gasteiger partial charge < -0.3 is 9.79 Å². The summed E-state index contributed by atoms with van der Waals surface area (Å²) < 4.78 is 10.7. The molecular weight excluding hydrogens is 175 g/mol. The Morgan fingerprint density at radius 3 is 2.25 bits per heavy atom. The first-order valence-electron chi connectivity index (χ1n) is 4.53. The van der Waals surface area contributed by atoms with Gasteiger partial charge in [-0.05, 0) is 6.42 Å². The lowest BCUT2D eigenvalue weighted by Crippen LogP contribution is -2.02. The average molecular weight is 194 g/mol. The van der Waals surface area contributed by atoms with Gasteiger partial charge in [-0.15, -0.1) is 0 Å². The van der Waals surface area contributed by atoms with E-state index < -0.39 is 13.3 Å². The maximum Gasteiger partial charge on any atom is 0.328 e. The SMILES string of the molecule is CCCCCCC(C)P(=O)(O)O. The molecule has 0 aliphatic rings. The van der Waals surface area contributed by atoms with Crippen molar-refractivity contribution in [3.63, 3.8) is 0 Å². The number of unbranched alkanes of at least 4 members (excludes halogenated alkanes) is 3. The minimum absolute atomic E-state index is 0.464. The van der Waals surface area contributed by atoms with E-state index in [1.54, 1.807) is 6.92 Å². The van der Waals surface area contributed by atoms with Crippen molar-refractivity contribution in [1.82, 2.24) is 0 Å². The number of rotatable bonds is 6. The van der Waals surface area contributed by atoms with Crippen molar-refractivity contribution in [2.75, 3.05) is 0 Å². The Labute approximate surface area is 74.3 Å². The molecule has 0 spiro atoms. The van der Waals surface area contributed by atoms with Crippen LogP contribution in [0.15, 0.2) is 0 Å². The molecule has 1 unspecified atom stereocenters. The van der Waals surface area contributed by atoms with Gasteiger partial charge in [0.05, 0.1) is 5.66 Å². The standard InChI is InChI=1S/C8H19O3P/c1-3-4-5-6-7-8(2)12(9,10)11/h8H,3-7H2,1-2H3,(H2,9,10,11). The fourth-order valence-corrected chi connectivity index (χ4v) is 1.55. The van der Waals surface area contributed by atoms with Gasteiger partial charge in [-0.2, -0.15) is 0 Å². The normalized spacial score (nSPS) is 14.7. The summed E-state index contributed by atoms with van der Waals surface area (Å²) >= 11 is 0. The molecule has 0 aromatic heterocycles. The van der Waals surface area contributed by atoms with E-state index in [0.29, 0.717) is 6.42 Å². The van der Waals surface area contributed by atoms with Gasteiger partial charge in [0.15, 0.2) is 0 Å². The Morgan fingerprint density at radius 2 is 1.83 bits per heavy atom. The van der Waals surface area contributed by atoms with Crippen LogP contribution >= 0.6 is 7.60 Å². The Morgan fingerprint density at radius 1 is 1.25 bits per heavy atom.